The van der Waals surface area contributed by atoms with E-state index in [0.717, 1.165) is 11.3 Å². The summed E-state index contributed by atoms with van der Waals surface area (Å²) in [6.07, 6.45) is 1.66. The molecular formula is C11H9N3O3. The van der Waals surface area contributed by atoms with Gasteiger partial charge in [0.1, 0.15) is 5.82 Å². The SMILES string of the molecule is Cc1ncc2c(n1)CNc1cc(C(=O)O)oc1-2. The largest absolute Gasteiger partial charge is 0.475 e. The first-order chi connectivity index (χ1) is 8.15. The van der Waals surface area contributed by atoms with Gasteiger partial charge in [0.2, 0.25) is 5.76 Å². The number of carboxylic acids is 1. The smallest absolute Gasteiger partial charge is 0.371 e. The van der Waals surface area contributed by atoms with Crippen LogP contribution in [0.15, 0.2) is 16.7 Å². The monoisotopic (exact) mass is 231 g/mol. The highest BCUT2D eigenvalue weighted by atomic mass is 16.4. The summed E-state index contributed by atoms with van der Waals surface area (Å²) >= 11 is 0. The van der Waals surface area contributed by atoms with Gasteiger partial charge in [0.15, 0.2) is 5.76 Å². The van der Waals surface area contributed by atoms with Crippen LogP contribution in [0.2, 0.25) is 0 Å². The van der Waals surface area contributed by atoms with E-state index in [9.17, 15) is 4.79 Å². The number of hydrogen-bond acceptors (Lipinski definition) is 5. The maximum atomic E-state index is 10.8. The van der Waals surface area contributed by atoms with Gasteiger partial charge in [-0.25, -0.2) is 14.8 Å². The molecule has 6 nitrogen and oxygen atoms in total. The summed E-state index contributed by atoms with van der Waals surface area (Å²) in [4.78, 5) is 19.2. The highest BCUT2D eigenvalue weighted by Crippen LogP contribution is 2.36. The Morgan fingerprint density at radius 1 is 1.59 bits per heavy atom. The number of anilines is 1. The summed E-state index contributed by atoms with van der Waals surface area (Å²) in [5.74, 6) is -0.00521. The molecular weight excluding hydrogens is 222 g/mol. The van der Waals surface area contributed by atoms with Crippen LogP contribution in [0, 0.1) is 6.92 Å². The van der Waals surface area contributed by atoms with Crippen LogP contribution in [-0.4, -0.2) is 21.0 Å². The average Bonchev–Trinajstić information content (AvgIpc) is 2.72. The molecule has 3 heterocycles. The van der Waals surface area contributed by atoms with Crippen LogP contribution >= 0.6 is 0 Å². The maximum absolute atomic E-state index is 10.8. The van der Waals surface area contributed by atoms with Crippen LogP contribution in [0.3, 0.4) is 0 Å². The van der Waals surface area contributed by atoms with Crippen molar-refractivity contribution in [2.75, 3.05) is 5.32 Å². The average molecular weight is 231 g/mol. The molecule has 2 aromatic rings. The molecule has 0 aromatic carbocycles. The Kier molecular flexibility index (Phi) is 1.91. The van der Waals surface area contributed by atoms with E-state index in [0.29, 0.717) is 23.8 Å². The van der Waals surface area contributed by atoms with Crippen molar-refractivity contribution in [1.29, 1.82) is 0 Å². The molecule has 0 spiro atoms. The van der Waals surface area contributed by atoms with E-state index in [1.54, 1.807) is 13.1 Å². The molecule has 0 amide bonds. The third-order valence-corrected chi connectivity index (χ3v) is 2.62. The van der Waals surface area contributed by atoms with E-state index in [1.807, 2.05) is 0 Å². The summed E-state index contributed by atoms with van der Waals surface area (Å²) in [5.41, 5.74) is 2.23. The third-order valence-electron chi connectivity index (χ3n) is 2.62. The van der Waals surface area contributed by atoms with Gasteiger partial charge in [-0.05, 0) is 6.92 Å². The molecule has 0 saturated carbocycles. The van der Waals surface area contributed by atoms with E-state index < -0.39 is 5.97 Å². The van der Waals surface area contributed by atoms with Gasteiger partial charge < -0.3 is 14.8 Å². The van der Waals surface area contributed by atoms with Gasteiger partial charge in [-0.3, -0.25) is 0 Å². The van der Waals surface area contributed by atoms with Crippen LogP contribution < -0.4 is 5.32 Å². The molecule has 0 fully saturated rings. The maximum Gasteiger partial charge on any atom is 0.371 e. The van der Waals surface area contributed by atoms with E-state index >= 15 is 0 Å². The van der Waals surface area contributed by atoms with Gasteiger partial charge in [-0.1, -0.05) is 0 Å². The third kappa shape index (κ3) is 1.45. The number of nitrogens with one attached hydrogen (secondary N) is 1. The van der Waals surface area contributed by atoms with Crippen molar-refractivity contribution >= 4 is 11.7 Å². The number of fused-ring (bicyclic) bond motifs is 3. The quantitative estimate of drug-likeness (QED) is 0.776. The highest BCUT2D eigenvalue weighted by Gasteiger charge is 2.24. The molecule has 0 bridgehead atoms. The van der Waals surface area contributed by atoms with Crippen LogP contribution in [0.4, 0.5) is 5.69 Å². The number of aryl methyl sites for hydroxylation is 1. The minimum Gasteiger partial charge on any atom is -0.475 e. The van der Waals surface area contributed by atoms with Crippen molar-refractivity contribution in [3.63, 3.8) is 0 Å². The first-order valence-corrected chi connectivity index (χ1v) is 5.09. The zero-order chi connectivity index (χ0) is 12.0. The number of carbonyl (C=O) groups is 1. The molecule has 0 aliphatic carbocycles. The number of aromatic carboxylic acids is 1. The van der Waals surface area contributed by atoms with E-state index in [1.165, 1.54) is 6.07 Å². The van der Waals surface area contributed by atoms with Gasteiger partial charge in [-0.2, -0.15) is 0 Å². The Morgan fingerprint density at radius 3 is 3.18 bits per heavy atom. The number of nitrogens with zero attached hydrogens (tertiary/aromatic N) is 2. The Labute approximate surface area is 96.3 Å². The molecule has 2 aromatic heterocycles. The van der Waals surface area contributed by atoms with Crippen LogP contribution in [-0.2, 0) is 6.54 Å². The van der Waals surface area contributed by atoms with Crippen molar-refractivity contribution < 1.29 is 14.3 Å². The second-order valence-electron chi connectivity index (χ2n) is 3.79. The predicted molar refractivity (Wildman–Crippen MR) is 58.8 cm³/mol. The van der Waals surface area contributed by atoms with Gasteiger partial charge in [-0.15, -0.1) is 0 Å². The molecule has 2 N–H and O–H groups in total. The molecule has 0 unspecified atom stereocenters. The van der Waals surface area contributed by atoms with Crippen molar-refractivity contribution in [2.45, 2.75) is 13.5 Å². The lowest BCUT2D eigenvalue weighted by atomic mass is 10.1. The van der Waals surface area contributed by atoms with Crippen molar-refractivity contribution in [3.8, 4) is 11.3 Å². The first kappa shape index (κ1) is 9.83. The molecule has 17 heavy (non-hydrogen) atoms. The molecule has 0 radical (unpaired) electrons. The number of carboxylic acid groups (broad SMARTS) is 1. The van der Waals surface area contributed by atoms with E-state index in [4.69, 9.17) is 9.52 Å². The Hall–Kier alpha value is -2.37. The lowest BCUT2D eigenvalue weighted by molar-refractivity contribution is 0.0663. The predicted octanol–water partition coefficient (Wildman–Crippen LogP) is 1.67. The second kappa shape index (κ2) is 3.31. The summed E-state index contributed by atoms with van der Waals surface area (Å²) in [7, 11) is 0. The summed E-state index contributed by atoms with van der Waals surface area (Å²) < 4.78 is 5.29. The normalized spacial score (nSPS) is 12.5. The van der Waals surface area contributed by atoms with Gasteiger partial charge in [0, 0.05) is 12.3 Å². The molecule has 86 valence electrons. The molecule has 6 heteroatoms. The molecule has 1 aliphatic rings. The number of furan rings is 1. The standard InChI is InChI=1S/C11H9N3O3/c1-5-12-3-6-8(14-5)4-13-7-2-9(11(15)16)17-10(6)7/h2-3,13H,4H2,1H3,(H,15,16). The summed E-state index contributed by atoms with van der Waals surface area (Å²) in [6.45, 7) is 2.35. The summed E-state index contributed by atoms with van der Waals surface area (Å²) in [5, 5.41) is 11.9. The van der Waals surface area contributed by atoms with Gasteiger partial charge in [0.05, 0.1) is 23.5 Å². The second-order valence-corrected chi connectivity index (χ2v) is 3.79. The van der Waals surface area contributed by atoms with Crippen LogP contribution in [0.25, 0.3) is 11.3 Å². The first-order valence-electron chi connectivity index (χ1n) is 5.09. The van der Waals surface area contributed by atoms with Gasteiger partial charge in [0.25, 0.3) is 0 Å². The van der Waals surface area contributed by atoms with Crippen molar-refractivity contribution in [3.05, 3.63) is 29.5 Å². The summed E-state index contributed by atoms with van der Waals surface area (Å²) in [6, 6.07) is 1.47. The van der Waals surface area contributed by atoms with E-state index in [-0.39, 0.29) is 5.76 Å². The fourth-order valence-electron chi connectivity index (χ4n) is 1.85. The fourth-order valence-corrected chi connectivity index (χ4v) is 1.85. The lowest BCUT2D eigenvalue weighted by Gasteiger charge is -2.15. The topological polar surface area (TPSA) is 88.2 Å². The highest BCUT2D eigenvalue weighted by molar-refractivity contribution is 5.89. The van der Waals surface area contributed by atoms with Crippen LogP contribution in [0.1, 0.15) is 22.1 Å². The van der Waals surface area contributed by atoms with Gasteiger partial charge >= 0.3 is 5.97 Å². The number of aromatic nitrogens is 2. The molecule has 0 atom stereocenters. The Balaban J connectivity index is 2.19. The fraction of sp³-hybridized carbons (Fsp3) is 0.182. The van der Waals surface area contributed by atoms with Crippen LogP contribution in [0.5, 0.6) is 0 Å². The zero-order valence-corrected chi connectivity index (χ0v) is 9.02. The zero-order valence-electron chi connectivity index (χ0n) is 9.02. The number of hydrogen-bond donors (Lipinski definition) is 2. The van der Waals surface area contributed by atoms with E-state index in [2.05, 4.69) is 15.3 Å². The Bertz CT molecular complexity index is 618. The number of rotatable bonds is 1. The minimum atomic E-state index is -1.09. The molecule has 0 saturated heterocycles. The lowest BCUT2D eigenvalue weighted by Crippen LogP contribution is -2.10. The molecule has 1 aliphatic heterocycles. The van der Waals surface area contributed by atoms with Crippen molar-refractivity contribution in [2.24, 2.45) is 0 Å². The Morgan fingerprint density at radius 2 is 2.41 bits per heavy atom. The van der Waals surface area contributed by atoms with Crippen molar-refractivity contribution in [1.82, 2.24) is 9.97 Å². The minimum absolute atomic E-state index is 0.0871. The molecule has 3 rings (SSSR count).